The van der Waals surface area contributed by atoms with E-state index in [1.807, 2.05) is 49.9 Å². The molecule has 1 aromatic carbocycles. The minimum Gasteiger partial charge on any atom is -0.488 e. The first kappa shape index (κ1) is 16.0. The highest BCUT2D eigenvalue weighted by Crippen LogP contribution is 2.24. The SMILES string of the molecule is CC(C)(C)Oc1ccc(OCN2CC[C@H](C(F)F)C2)cc1. The van der Waals surface area contributed by atoms with Gasteiger partial charge in [0.1, 0.15) is 23.8 Å². The molecule has 5 heteroatoms. The fourth-order valence-corrected chi connectivity index (χ4v) is 2.31. The lowest BCUT2D eigenvalue weighted by atomic mass is 10.1. The summed E-state index contributed by atoms with van der Waals surface area (Å²) < 4.78 is 36.5. The van der Waals surface area contributed by atoms with Crippen LogP contribution in [0.5, 0.6) is 11.5 Å². The molecule has 0 N–H and O–H groups in total. The number of likely N-dealkylation sites (tertiary alicyclic amines) is 1. The van der Waals surface area contributed by atoms with Crippen molar-refractivity contribution in [2.45, 2.75) is 39.2 Å². The second-order valence-corrected chi connectivity index (χ2v) is 6.42. The summed E-state index contributed by atoms with van der Waals surface area (Å²) in [6.07, 6.45) is -1.69. The van der Waals surface area contributed by atoms with Gasteiger partial charge >= 0.3 is 0 Å². The molecule has 0 spiro atoms. The van der Waals surface area contributed by atoms with E-state index in [9.17, 15) is 8.78 Å². The predicted molar refractivity (Wildman–Crippen MR) is 78.0 cm³/mol. The van der Waals surface area contributed by atoms with Gasteiger partial charge in [0.05, 0.1) is 0 Å². The molecule has 1 fully saturated rings. The first-order valence-corrected chi connectivity index (χ1v) is 7.26. The largest absolute Gasteiger partial charge is 0.488 e. The van der Waals surface area contributed by atoms with Crippen LogP contribution in [-0.2, 0) is 0 Å². The lowest BCUT2D eigenvalue weighted by Crippen LogP contribution is -2.27. The summed E-state index contributed by atoms with van der Waals surface area (Å²) in [7, 11) is 0. The highest BCUT2D eigenvalue weighted by molar-refractivity contribution is 5.31. The molecule has 0 unspecified atom stereocenters. The molecular weight excluding hydrogens is 276 g/mol. The molecule has 3 nitrogen and oxygen atoms in total. The van der Waals surface area contributed by atoms with Gasteiger partial charge < -0.3 is 9.47 Å². The zero-order chi connectivity index (χ0) is 15.5. The highest BCUT2D eigenvalue weighted by Gasteiger charge is 2.29. The standard InChI is InChI=1S/C16H23F2NO2/c1-16(2,3)21-14-6-4-13(5-7-14)20-11-19-9-8-12(10-19)15(17)18/h4-7,12,15H,8-11H2,1-3H3/t12-/m0/s1. The Kier molecular flexibility index (Phi) is 5.04. The summed E-state index contributed by atoms with van der Waals surface area (Å²) in [5, 5.41) is 0. The molecule has 1 saturated heterocycles. The third-order valence-corrected chi connectivity index (χ3v) is 3.33. The predicted octanol–water partition coefficient (Wildman–Crippen LogP) is 3.79. The van der Waals surface area contributed by atoms with Crippen molar-refractivity contribution in [3.63, 3.8) is 0 Å². The van der Waals surface area contributed by atoms with Crippen molar-refractivity contribution in [3.8, 4) is 11.5 Å². The van der Waals surface area contributed by atoms with Gasteiger partial charge in [0.2, 0.25) is 6.43 Å². The Labute approximate surface area is 124 Å². The van der Waals surface area contributed by atoms with Crippen molar-refractivity contribution in [1.29, 1.82) is 0 Å². The molecule has 0 bridgehead atoms. The molecule has 1 aliphatic rings. The number of nitrogens with zero attached hydrogens (tertiary/aromatic N) is 1. The lowest BCUT2D eigenvalue weighted by molar-refractivity contribution is 0.0719. The van der Waals surface area contributed by atoms with Gasteiger partial charge in [0.15, 0.2) is 0 Å². The van der Waals surface area contributed by atoms with Gasteiger partial charge in [-0.15, -0.1) is 0 Å². The van der Waals surface area contributed by atoms with E-state index in [1.165, 1.54) is 0 Å². The third-order valence-electron chi connectivity index (χ3n) is 3.33. The normalized spacial score (nSPS) is 20.0. The average molecular weight is 299 g/mol. The molecule has 118 valence electrons. The van der Waals surface area contributed by atoms with Crippen molar-refractivity contribution in [3.05, 3.63) is 24.3 Å². The van der Waals surface area contributed by atoms with Gasteiger partial charge in [-0.25, -0.2) is 8.78 Å². The molecule has 1 heterocycles. The van der Waals surface area contributed by atoms with Crippen LogP contribution in [0.3, 0.4) is 0 Å². The van der Waals surface area contributed by atoms with E-state index < -0.39 is 12.3 Å². The van der Waals surface area contributed by atoms with Crippen LogP contribution in [0.25, 0.3) is 0 Å². The van der Waals surface area contributed by atoms with E-state index in [4.69, 9.17) is 9.47 Å². The van der Waals surface area contributed by atoms with Crippen LogP contribution < -0.4 is 9.47 Å². The maximum Gasteiger partial charge on any atom is 0.242 e. The minimum absolute atomic E-state index is 0.234. The van der Waals surface area contributed by atoms with Crippen molar-refractivity contribution in [1.82, 2.24) is 4.90 Å². The summed E-state index contributed by atoms with van der Waals surface area (Å²) in [5.41, 5.74) is -0.234. The van der Waals surface area contributed by atoms with Crippen molar-refractivity contribution < 1.29 is 18.3 Å². The zero-order valence-electron chi connectivity index (χ0n) is 12.8. The fourth-order valence-electron chi connectivity index (χ4n) is 2.31. The number of rotatable bonds is 5. The number of halogens is 2. The van der Waals surface area contributed by atoms with E-state index in [0.29, 0.717) is 26.2 Å². The number of alkyl halides is 2. The smallest absolute Gasteiger partial charge is 0.242 e. The Bertz CT molecular complexity index is 443. The Morgan fingerprint density at radius 2 is 1.81 bits per heavy atom. The molecule has 0 aliphatic carbocycles. The number of benzene rings is 1. The van der Waals surface area contributed by atoms with Crippen LogP contribution in [-0.4, -0.2) is 36.7 Å². The van der Waals surface area contributed by atoms with E-state index in [2.05, 4.69) is 0 Å². The maximum absolute atomic E-state index is 12.6. The van der Waals surface area contributed by atoms with E-state index in [0.717, 1.165) is 11.5 Å². The number of ether oxygens (including phenoxy) is 2. The molecule has 1 aromatic rings. The molecule has 0 saturated carbocycles. The van der Waals surface area contributed by atoms with Gasteiger partial charge in [-0.05, 0) is 51.5 Å². The van der Waals surface area contributed by atoms with Crippen LogP contribution in [0.4, 0.5) is 8.78 Å². The van der Waals surface area contributed by atoms with Crippen LogP contribution in [0.15, 0.2) is 24.3 Å². The first-order valence-electron chi connectivity index (χ1n) is 7.26. The van der Waals surface area contributed by atoms with Crippen LogP contribution in [0.1, 0.15) is 27.2 Å². The van der Waals surface area contributed by atoms with E-state index in [-0.39, 0.29) is 5.60 Å². The van der Waals surface area contributed by atoms with Crippen LogP contribution in [0.2, 0.25) is 0 Å². The molecule has 2 rings (SSSR count). The molecule has 1 aliphatic heterocycles. The first-order chi connectivity index (χ1) is 9.83. The molecule has 0 radical (unpaired) electrons. The monoisotopic (exact) mass is 299 g/mol. The van der Waals surface area contributed by atoms with Gasteiger partial charge in [-0.3, -0.25) is 4.90 Å². The minimum atomic E-state index is -2.23. The number of hydrogen-bond acceptors (Lipinski definition) is 3. The maximum atomic E-state index is 12.6. The molecular formula is C16H23F2NO2. The third kappa shape index (κ3) is 5.16. The summed E-state index contributed by atoms with van der Waals surface area (Å²) >= 11 is 0. The molecule has 0 amide bonds. The summed E-state index contributed by atoms with van der Waals surface area (Å²) in [6.45, 7) is 7.39. The fraction of sp³-hybridized carbons (Fsp3) is 0.625. The van der Waals surface area contributed by atoms with Gasteiger partial charge in [0, 0.05) is 19.0 Å². The van der Waals surface area contributed by atoms with Gasteiger partial charge in [-0.1, -0.05) is 0 Å². The average Bonchev–Trinajstić information content (AvgIpc) is 2.85. The Hall–Kier alpha value is -1.36. The van der Waals surface area contributed by atoms with Crippen LogP contribution in [0, 0.1) is 5.92 Å². The van der Waals surface area contributed by atoms with Crippen LogP contribution >= 0.6 is 0 Å². The summed E-state index contributed by atoms with van der Waals surface area (Å²) in [6, 6.07) is 7.38. The molecule has 0 aromatic heterocycles. The van der Waals surface area contributed by atoms with Gasteiger partial charge in [-0.2, -0.15) is 0 Å². The van der Waals surface area contributed by atoms with E-state index in [1.54, 1.807) is 0 Å². The number of hydrogen-bond donors (Lipinski definition) is 0. The second kappa shape index (κ2) is 6.60. The quantitative estimate of drug-likeness (QED) is 0.825. The topological polar surface area (TPSA) is 21.7 Å². The molecule has 1 atom stereocenters. The Balaban J connectivity index is 1.79. The van der Waals surface area contributed by atoms with Crippen molar-refractivity contribution >= 4 is 0 Å². The highest BCUT2D eigenvalue weighted by atomic mass is 19.3. The van der Waals surface area contributed by atoms with Crippen molar-refractivity contribution in [2.24, 2.45) is 5.92 Å². The lowest BCUT2D eigenvalue weighted by Gasteiger charge is -2.21. The van der Waals surface area contributed by atoms with Crippen molar-refractivity contribution in [2.75, 3.05) is 19.8 Å². The summed E-state index contributed by atoms with van der Waals surface area (Å²) in [4.78, 5) is 1.91. The van der Waals surface area contributed by atoms with Gasteiger partial charge in [0.25, 0.3) is 0 Å². The Morgan fingerprint density at radius 3 is 2.33 bits per heavy atom. The summed E-state index contributed by atoms with van der Waals surface area (Å²) in [5.74, 6) is 0.988. The second-order valence-electron chi connectivity index (χ2n) is 6.42. The van der Waals surface area contributed by atoms with E-state index >= 15 is 0 Å². The molecule has 21 heavy (non-hydrogen) atoms. The zero-order valence-corrected chi connectivity index (χ0v) is 12.8. The Morgan fingerprint density at radius 1 is 1.19 bits per heavy atom.